The van der Waals surface area contributed by atoms with E-state index in [1.54, 1.807) is 39.0 Å². The molecule has 4 aromatic carbocycles. The topological polar surface area (TPSA) is 234 Å². The molecule has 0 aliphatic rings. The van der Waals surface area contributed by atoms with Crippen LogP contribution in [-0.4, -0.2) is 60.8 Å². The first-order chi connectivity index (χ1) is 27.9. The fourth-order valence-electron chi connectivity index (χ4n) is 5.90. The molecule has 0 atom stereocenters. The van der Waals surface area contributed by atoms with Crippen LogP contribution in [0.15, 0.2) is 118 Å². The van der Waals surface area contributed by atoms with E-state index >= 15 is 0 Å². The van der Waals surface area contributed by atoms with Crippen LogP contribution < -0.4 is 0 Å². The molecule has 0 radical (unpaired) electrons. The summed E-state index contributed by atoms with van der Waals surface area (Å²) in [6, 6.07) is 27.5. The van der Waals surface area contributed by atoms with Crippen molar-refractivity contribution in [3.05, 3.63) is 108 Å². The molecule has 0 bridgehead atoms. The first-order valence-corrected chi connectivity index (χ1v) is 17.3. The molecular weight excluding hydrogens is 733 g/mol. The summed E-state index contributed by atoms with van der Waals surface area (Å²) in [6.45, 7) is 5.28. The van der Waals surface area contributed by atoms with Crippen molar-refractivity contribution in [3.63, 3.8) is 0 Å². The maximum atomic E-state index is 5.78. The molecule has 18 heteroatoms. The van der Waals surface area contributed by atoms with Crippen molar-refractivity contribution in [2.75, 3.05) is 0 Å². The van der Waals surface area contributed by atoms with E-state index in [-0.39, 0.29) is 17.7 Å². The second kappa shape index (κ2) is 13.5. The SMILES string of the molecule is Cc1noc(-c2ccc(-c3noc(-c4cc(-c5nc(-c6ccc(-c7nc(C)no7)cc6)no5)cc(-c5nc(-c6ccc(-c7nc(C)no7)cc6)no5)c4)n3)cc2)n1. The minimum absolute atomic E-state index is 0.225. The van der Waals surface area contributed by atoms with Crippen LogP contribution in [0.4, 0.5) is 0 Å². The number of aromatic nitrogens is 12. The van der Waals surface area contributed by atoms with Crippen LogP contribution >= 0.6 is 0 Å². The third-order valence-corrected chi connectivity index (χ3v) is 8.70. The van der Waals surface area contributed by atoms with Gasteiger partial charge in [-0.3, -0.25) is 0 Å². The molecule has 10 rings (SSSR count). The molecule has 18 nitrogen and oxygen atoms in total. The van der Waals surface area contributed by atoms with Gasteiger partial charge < -0.3 is 27.1 Å². The van der Waals surface area contributed by atoms with Gasteiger partial charge in [0.05, 0.1) is 0 Å². The summed E-state index contributed by atoms with van der Waals surface area (Å²) in [5.74, 6) is 4.64. The molecule has 6 aromatic heterocycles. The Bertz CT molecular complexity index is 2670. The fourth-order valence-corrected chi connectivity index (χ4v) is 5.90. The average molecular weight is 757 g/mol. The molecule has 0 aliphatic carbocycles. The van der Waals surface area contributed by atoms with Crippen molar-refractivity contribution >= 4 is 0 Å². The molecule has 0 saturated heterocycles. The predicted molar refractivity (Wildman–Crippen MR) is 197 cm³/mol. The van der Waals surface area contributed by atoms with Gasteiger partial charge >= 0.3 is 0 Å². The van der Waals surface area contributed by atoms with Gasteiger partial charge in [-0.25, -0.2) is 0 Å². The zero-order chi connectivity index (χ0) is 38.5. The average Bonchev–Trinajstić information content (AvgIpc) is 4.10. The summed E-state index contributed by atoms with van der Waals surface area (Å²) in [5, 5.41) is 24.3. The van der Waals surface area contributed by atoms with Crippen molar-refractivity contribution in [2.45, 2.75) is 20.8 Å². The van der Waals surface area contributed by atoms with Gasteiger partial charge in [0.2, 0.25) is 17.5 Å². The third-order valence-electron chi connectivity index (χ3n) is 8.70. The number of aryl methyl sites for hydroxylation is 3. The largest absolute Gasteiger partial charge is 0.334 e. The van der Waals surface area contributed by atoms with Gasteiger partial charge in [0.25, 0.3) is 35.3 Å². The van der Waals surface area contributed by atoms with Gasteiger partial charge in [0, 0.05) is 50.1 Å². The highest BCUT2D eigenvalue weighted by molar-refractivity contribution is 5.76. The first-order valence-electron chi connectivity index (χ1n) is 17.3. The van der Waals surface area contributed by atoms with Crippen LogP contribution in [0.2, 0.25) is 0 Å². The standard InChI is InChI=1S/C39H24N12O6/c1-19-40-34(52-46-19)25-10-4-22(5-11-25)31-43-37(55-49-31)28-16-29(38-44-32(50-56-38)23-6-12-26(13-7-23)35-41-20(2)47-53-35)18-30(17-28)39-45-33(51-57-39)24-8-14-27(15-9-24)36-42-21(3)48-54-36/h4-18H,1-3H3. The van der Waals surface area contributed by atoms with Gasteiger partial charge in [-0.2, -0.15) is 29.9 Å². The normalized spacial score (nSPS) is 11.4. The van der Waals surface area contributed by atoms with Crippen LogP contribution in [0.25, 0.3) is 103 Å². The van der Waals surface area contributed by atoms with Crippen LogP contribution in [0.3, 0.4) is 0 Å². The Morgan fingerprint density at radius 3 is 0.737 bits per heavy atom. The van der Waals surface area contributed by atoms with E-state index in [2.05, 4.69) is 45.9 Å². The van der Waals surface area contributed by atoms with E-state index in [4.69, 9.17) is 42.1 Å². The molecular formula is C39H24N12O6. The zero-order valence-corrected chi connectivity index (χ0v) is 30.0. The molecule has 57 heavy (non-hydrogen) atoms. The smallest absolute Gasteiger partial charge is 0.258 e. The summed E-state index contributed by atoms with van der Waals surface area (Å²) >= 11 is 0. The first kappa shape index (κ1) is 33.3. The Hall–Kier alpha value is -8.28. The Labute approximate surface area is 319 Å². The molecule has 0 spiro atoms. The lowest BCUT2D eigenvalue weighted by atomic mass is 10.0. The summed E-state index contributed by atoms with van der Waals surface area (Å²) in [6.07, 6.45) is 0. The number of rotatable bonds is 9. The highest BCUT2D eigenvalue weighted by Gasteiger charge is 2.21. The molecule has 276 valence electrons. The number of benzene rings is 4. The van der Waals surface area contributed by atoms with Crippen LogP contribution in [0.1, 0.15) is 17.5 Å². The number of hydrogen-bond donors (Lipinski definition) is 0. The van der Waals surface area contributed by atoms with Crippen LogP contribution in [0, 0.1) is 20.8 Å². The second-order valence-corrected chi connectivity index (χ2v) is 12.7. The minimum Gasteiger partial charge on any atom is -0.334 e. The van der Waals surface area contributed by atoms with Crippen LogP contribution in [-0.2, 0) is 0 Å². The van der Waals surface area contributed by atoms with E-state index in [0.717, 1.165) is 16.7 Å². The van der Waals surface area contributed by atoms with Crippen LogP contribution in [0.5, 0.6) is 0 Å². The van der Waals surface area contributed by atoms with Gasteiger partial charge in [-0.05, 0) is 75.4 Å². The maximum absolute atomic E-state index is 5.78. The monoisotopic (exact) mass is 756 g/mol. The van der Waals surface area contributed by atoms with Crippen molar-refractivity contribution in [1.29, 1.82) is 0 Å². The summed E-state index contributed by atoms with van der Waals surface area (Å²) in [7, 11) is 0. The minimum atomic E-state index is 0.225. The predicted octanol–water partition coefficient (Wildman–Crippen LogP) is 7.91. The highest BCUT2D eigenvalue weighted by atomic mass is 16.5. The summed E-state index contributed by atoms with van der Waals surface area (Å²) in [5.41, 5.74) is 6.03. The number of nitrogens with zero attached hydrogens (tertiary/aromatic N) is 12. The zero-order valence-electron chi connectivity index (χ0n) is 30.0. The van der Waals surface area contributed by atoms with Crippen molar-refractivity contribution < 1.29 is 27.1 Å². The molecule has 0 aliphatic heterocycles. The van der Waals surface area contributed by atoms with Gasteiger partial charge in [0.1, 0.15) is 0 Å². The lowest BCUT2D eigenvalue weighted by molar-refractivity contribution is 0.425. The van der Waals surface area contributed by atoms with Crippen molar-refractivity contribution in [3.8, 4) is 103 Å². The van der Waals surface area contributed by atoms with Gasteiger partial charge in [-0.15, -0.1) is 0 Å². The molecule has 10 aromatic rings. The van der Waals surface area contributed by atoms with Crippen molar-refractivity contribution in [1.82, 2.24) is 60.8 Å². The Balaban J connectivity index is 0.987. The van der Waals surface area contributed by atoms with Crippen molar-refractivity contribution in [2.24, 2.45) is 0 Å². The fraction of sp³-hybridized carbons (Fsp3) is 0.0769. The van der Waals surface area contributed by atoms with Gasteiger partial charge in [-0.1, -0.05) is 67.3 Å². The molecule has 0 unspecified atom stereocenters. The second-order valence-electron chi connectivity index (χ2n) is 12.7. The Morgan fingerprint density at radius 1 is 0.263 bits per heavy atom. The Morgan fingerprint density at radius 2 is 0.491 bits per heavy atom. The summed E-state index contributed by atoms with van der Waals surface area (Å²) in [4.78, 5) is 27.0. The molecule has 6 heterocycles. The van der Waals surface area contributed by atoms with Gasteiger partial charge in [0.15, 0.2) is 17.5 Å². The van der Waals surface area contributed by atoms with E-state index in [1.165, 1.54) is 0 Å². The third kappa shape index (κ3) is 6.52. The number of hydrogen-bond acceptors (Lipinski definition) is 18. The van der Waals surface area contributed by atoms with E-state index in [0.29, 0.717) is 86.0 Å². The highest BCUT2D eigenvalue weighted by Crippen LogP contribution is 2.34. The lowest BCUT2D eigenvalue weighted by Crippen LogP contribution is -1.88. The summed E-state index contributed by atoms with van der Waals surface area (Å²) < 4.78 is 33.2. The molecule has 0 N–H and O–H groups in total. The van der Waals surface area contributed by atoms with E-state index < -0.39 is 0 Å². The van der Waals surface area contributed by atoms with E-state index in [9.17, 15) is 0 Å². The molecule has 0 fully saturated rings. The quantitative estimate of drug-likeness (QED) is 0.136. The molecule has 0 saturated carbocycles. The van der Waals surface area contributed by atoms with E-state index in [1.807, 2.05) is 72.8 Å². The Kier molecular flexibility index (Phi) is 7.91. The maximum Gasteiger partial charge on any atom is 0.258 e. The lowest BCUT2D eigenvalue weighted by Gasteiger charge is -2.02. The molecule has 0 amide bonds.